The molecule has 2 heterocycles. The van der Waals surface area contributed by atoms with Crippen LogP contribution in [0.4, 0.5) is 0 Å². The van der Waals surface area contributed by atoms with Gasteiger partial charge in [-0.1, -0.05) is 6.07 Å². The molecular formula is C12H12N2O. The third-order valence-electron chi connectivity index (χ3n) is 4.08. The topological polar surface area (TPSA) is 33.2 Å². The van der Waals surface area contributed by atoms with Crippen LogP contribution in [0.5, 0.6) is 0 Å². The monoisotopic (exact) mass is 200 g/mol. The Morgan fingerprint density at radius 3 is 2.93 bits per heavy atom. The lowest BCUT2D eigenvalue weighted by atomic mass is 10.2. The maximum atomic E-state index is 12.1. The number of carbonyl (C=O) groups excluding carboxylic acids is 1. The zero-order valence-electron chi connectivity index (χ0n) is 8.44. The molecule has 1 amide bonds. The van der Waals surface area contributed by atoms with E-state index in [-0.39, 0.29) is 5.41 Å². The molecule has 0 aromatic carbocycles. The van der Waals surface area contributed by atoms with E-state index in [1.165, 1.54) is 5.56 Å². The van der Waals surface area contributed by atoms with E-state index >= 15 is 0 Å². The minimum atomic E-state index is 0.113. The number of carbonyl (C=O) groups is 1. The number of aromatic nitrogens is 1. The van der Waals surface area contributed by atoms with E-state index in [2.05, 4.69) is 11.1 Å². The summed E-state index contributed by atoms with van der Waals surface area (Å²) >= 11 is 0. The van der Waals surface area contributed by atoms with Crippen molar-refractivity contribution in [2.24, 2.45) is 11.3 Å². The first-order valence-corrected chi connectivity index (χ1v) is 5.52. The number of hydrogen-bond acceptors (Lipinski definition) is 2. The zero-order valence-corrected chi connectivity index (χ0v) is 8.44. The van der Waals surface area contributed by atoms with Crippen molar-refractivity contribution in [1.82, 2.24) is 9.88 Å². The molecular weight excluding hydrogens is 188 g/mol. The molecule has 2 saturated carbocycles. The minimum Gasteiger partial charge on any atom is -0.332 e. The summed E-state index contributed by atoms with van der Waals surface area (Å²) in [6.45, 7) is 1.50. The van der Waals surface area contributed by atoms with E-state index in [4.69, 9.17) is 0 Å². The maximum absolute atomic E-state index is 12.1. The van der Waals surface area contributed by atoms with Gasteiger partial charge in [0.25, 0.3) is 0 Å². The highest BCUT2D eigenvalue weighted by Gasteiger charge is 2.75. The molecule has 0 atom stereocenters. The highest BCUT2D eigenvalue weighted by Crippen LogP contribution is 2.76. The van der Waals surface area contributed by atoms with Gasteiger partial charge in [-0.3, -0.25) is 9.78 Å². The Bertz CT molecular complexity index is 437. The summed E-state index contributed by atoms with van der Waals surface area (Å²) in [6.07, 6.45) is 4.10. The van der Waals surface area contributed by atoms with Gasteiger partial charge in [0.2, 0.25) is 5.91 Å². The van der Waals surface area contributed by atoms with Crippen molar-refractivity contribution >= 4 is 5.91 Å². The second kappa shape index (κ2) is 2.23. The summed E-state index contributed by atoms with van der Waals surface area (Å²) in [5.74, 6) is 1.12. The summed E-state index contributed by atoms with van der Waals surface area (Å²) in [6, 6.07) is 4.02. The molecule has 0 radical (unpaired) electrons. The summed E-state index contributed by atoms with van der Waals surface area (Å²) < 4.78 is 0. The molecule has 3 heteroatoms. The Balaban J connectivity index is 1.61. The van der Waals surface area contributed by atoms with Crippen LogP contribution in [-0.2, 0) is 17.9 Å². The van der Waals surface area contributed by atoms with E-state index in [0.29, 0.717) is 5.91 Å². The predicted octanol–water partition coefficient (Wildman–Crippen LogP) is 1.33. The van der Waals surface area contributed by atoms with Crippen molar-refractivity contribution in [2.75, 3.05) is 0 Å². The molecule has 0 bridgehead atoms. The van der Waals surface area contributed by atoms with Gasteiger partial charge in [0, 0.05) is 12.7 Å². The van der Waals surface area contributed by atoms with Crippen molar-refractivity contribution in [3.63, 3.8) is 0 Å². The van der Waals surface area contributed by atoms with Crippen LogP contribution in [-0.4, -0.2) is 15.8 Å². The number of hydrogen-bond donors (Lipinski definition) is 0. The Hall–Kier alpha value is -1.38. The number of rotatable bonds is 1. The van der Waals surface area contributed by atoms with Crippen LogP contribution in [0.25, 0.3) is 0 Å². The molecule has 0 saturated heterocycles. The van der Waals surface area contributed by atoms with Crippen molar-refractivity contribution in [1.29, 1.82) is 0 Å². The van der Waals surface area contributed by atoms with Crippen LogP contribution >= 0.6 is 0 Å². The Kier molecular flexibility index (Phi) is 1.17. The Morgan fingerprint density at radius 2 is 2.27 bits per heavy atom. The van der Waals surface area contributed by atoms with Gasteiger partial charge in [-0.15, -0.1) is 0 Å². The summed E-state index contributed by atoms with van der Waals surface area (Å²) in [4.78, 5) is 18.4. The fourth-order valence-electron chi connectivity index (χ4n) is 2.71. The third kappa shape index (κ3) is 0.907. The first-order chi connectivity index (χ1) is 7.29. The minimum absolute atomic E-state index is 0.113. The van der Waals surface area contributed by atoms with Crippen molar-refractivity contribution in [3.8, 4) is 0 Å². The second-order valence-electron chi connectivity index (χ2n) is 5.03. The molecule has 0 unspecified atom stereocenters. The largest absolute Gasteiger partial charge is 0.332 e. The molecule has 2 aliphatic carbocycles. The van der Waals surface area contributed by atoms with Crippen LogP contribution in [0.15, 0.2) is 18.3 Å². The molecule has 3 nitrogen and oxygen atoms in total. The van der Waals surface area contributed by atoms with E-state index in [1.807, 2.05) is 17.2 Å². The average molecular weight is 200 g/mol. The summed E-state index contributed by atoms with van der Waals surface area (Å²) in [7, 11) is 0. The Labute approximate surface area is 88.1 Å². The Morgan fingerprint density at radius 1 is 1.47 bits per heavy atom. The fourth-order valence-corrected chi connectivity index (χ4v) is 2.71. The summed E-state index contributed by atoms with van der Waals surface area (Å²) in [5.41, 5.74) is 2.42. The molecule has 0 spiro atoms. The maximum Gasteiger partial charge on any atom is 0.229 e. The fraction of sp³-hybridized carbons (Fsp3) is 0.500. The van der Waals surface area contributed by atoms with Crippen LogP contribution in [0.3, 0.4) is 0 Å². The van der Waals surface area contributed by atoms with E-state index in [9.17, 15) is 4.79 Å². The van der Waals surface area contributed by atoms with Gasteiger partial charge in [-0.25, -0.2) is 0 Å². The normalized spacial score (nSPS) is 34.7. The van der Waals surface area contributed by atoms with Crippen LogP contribution < -0.4 is 0 Å². The van der Waals surface area contributed by atoms with E-state index < -0.39 is 0 Å². The van der Waals surface area contributed by atoms with Crippen LogP contribution in [0.1, 0.15) is 24.1 Å². The number of amides is 1. The quantitative estimate of drug-likeness (QED) is 0.685. The van der Waals surface area contributed by atoms with Crippen molar-refractivity contribution in [2.45, 2.75) is 25.9 Å². The first-order valence-electron chi connectivity index (χ1n) is 5.52. The molecule has 2 fully saturated rings. The highest BCUT2D eigenvalue weighted by molar-refractivity contribution is 5.90. The molecule has 3 aliphatic rings. The van der Waals surface area contributed by atoms with Crippen LogP contribution in [0, 0.1) is 11.3 Å². The lowest BCUT2D eigenvalue weighted by Crippen LogP contribution is -2.29. The summed E-state index contributed by atoms with van der Waals surface area (Å²) in [5, 5.41) is 0. The second-order valence-corrected chi connectivity index (χ2v) is 5.03. The predicted molar refractivity (Wildman–Crippen MR) is 53.6 cm³/mol. The highest BCUT2D eigenvalue weighted by atomic mass is 16.2. The lowest BCUT2D eigenvalue weighted by molar-refractivity contribution is -0.135. The molecule has 76 valence electrons. The van der Waals surface area contributed by atoms with Gasteiger partial charge in [-0.05, 0) is 30.4 Å². The third-order valence-corrected chi connectivity index (χ3v) is 4.08. The zero-order chi connectivity index (χ0) is 10.0. The number of fused-ring (bicyclic) bond motifs is 2. The molecule has 1 aromatic rings. The standard InChI is InChI=1S/C12H12N2O/c15-11(12-4-9(12)5-12)14-6-8-2-1-3-13-10(8)7-14/h1-3,9H,4-7H2. The van der Waals surface area contributed by atoms with E-state index in [0.717, 1.165) is 37.5 Å². The SMILES string of the molecule is O=C(N1Cc2cccnc2C1)C12CC1C2. The lowest BCUT2D eigenvalue weighted by Gasteiger charge is -2.16. The van der Waals surface area contributed by atoms with Gasteiger partial charge < -0.3 is 4.90 Å². The van der Waals surface area contributed by atoms with Gasteiger partial charge >= 0.3 is 0 Å². The molecule has 0 N–H and O–H groups in total. The van der Waals surface area contributed by atoms with E-state index in [1.54, 1.807) is 0 Å². The molecule has 1 aliphatic heterocycles. The molecule has 4 rings (SSSR count). The molecule has 15 heavy (non-hydrogen) atoms. The molecule has 1 aromatic heterocycles. The van der Waals surface area contributed by atoms with Gasteiger partial charge in [0.05, 0.1) is 17.7 Å². The van der Waals surface area contributed by atoms with Gasteiger partial charge in [0.1, 0.15) is 0 Å². The first kappa shape index (κ1) is 7.85. The van der Waals surface area contributed by atoms with Crippen molar-refractivity contribution < 1.29 is 4.79 Å². The number of nitrogens with zero attached hydrogens (tertiary/aromatic N) is 2. The number of pyridine rings is 1. The smallest absolute Gasteiger partial charge is 0.229 e. The van der Waals surface area contributed by atoms with Crippen LogP contribution in [0.2, 0.25) is 0 Å². The average Bonchev–Trinajstić information content (AvgIpc) is 3.03. The van der Waals surface area contributed by atoms with Crippen molar-refractivity contribution in [3.05, 3.63) is 29.6 Å². The van der Waals surface area contributed by atoms with Gasteiger partial charge in [-0.2, -0.15) is 0 Å². The van der Waals surface area contributed by atoms with Gasteiger partial charge in [0.15, 0.2) is 0 Å².